The number of anilines is 1. The lowest BCUT2D eigenvalue weighted by atomic mass is 9.97. The first-order valence-corrected chi connectivity index (χ1v) is 7.84. The topological polar surface area (TPSA) is 98.2 Å². The van der Waals surface area contributed by atoms with Gasteiger partial charge in [-0.15, -0.1) is 0 Å². The van der Waals surface area contributed by atoms with Crippen molar-refractivity contribution < 1.29 is 14.0 Å². The van der Waals surface area contributed by atoms with E-state index in [0.717, 1.165) is 5.69 Å². The van der Waals surface area contributed by atoms with Crippen molar-refractivity contribution in [3.63, 3.8) is 0 Å². The molecule has 24 heavy (non-hydrogen) atoms. The van der Waals surface area contributed by atoms with E-state index in [4.69, 9.17) is 10.2 Å². The van der Waals surface area contributed by atoms with Gasteiger partial charge in [0.2, 0.25) is 5.91 Å². The number of carbonyl (C=O) groups is 2. The van der Waals surface area contributed by atoms with Crippen molar-refractivity contribution in [3.8, 4) is 0 Å². The Hall–Kier alpha value is -2.63. The standard InChI is InChI=1S/C18H23N3O3/c1-11-14(24-17(20-11)18(2,3)4)9-10-15(22)21-16(23)12-7-5-6-8-13(12)19/h5-8H,9-10,19H2,1-4H3,(H,21,22,23). The molecule has 0 aliphatic rings. The molecular formula is C18H23N3O3. The Morgan fingerprint density at radius 2 is 1.92 bits per heavy atom. The third kappa shape index (κ3) is 4.22. The first-order chi connectivity index (χ1) is 11.2. The van der Waals surface area contributed by atoms with Gasteiger partial charge in [-0.2, -0.15) is 0 Å². The Bertz CT molecular complexity index is 757. The first-order valence-electron chi connectivity index (χ1n) is 7.84. The van der Waals surface area contributed by atoms with Gasteiger partial charge in [-0.3, -0.25) is 14.9 Å². The number of carbonyl (C=O) groups excluding carboxylic acids is 2. The van der Waals surface area contributed by atoms with Crippen LogP contribution in [-0.2, 0) is 16.6 Å². The lowest BCUT2D eigenvalue weighted by Gasteiger charge is -2.12. The molecule has 2 amide bonds. The normalized spacial score (nSPS) is 11.3. The number of amides is 2. The summed E-state index contributed by atoms with van der Waals surface area (Å²) in [5.74, 6) is 0.435. The number of hydrogen-bond acceptors (Lipinski definition) is 5. The van der Waals surface area contributed by atoms with Crippen LogP contribution in [0.15, 0.2) is 28.7 Å². The molecule has 0 saturated carbocycles. The Morgan fingerprint density at radius 3 is 2.50 bits per heavy atom. The molecule has 0 atom stereocenters. The Balaban J connectivity index is 1.96. The predicted octanol–water partition coefficient (Wildman–Crippen LogP) is 2.75. The second-order valence-electron chi connectivity index (χ2n) is 6.74. The summed E-state index contributed by atoms with van der Waals surface area (Å²) in [6.45, 7) is 7.88. The summed E-state index contributed by atoms with van der Waals surface area (Å²) in [6, 6.07) is 6.62. The fourth-order valence-corrected chi connectivity index (χ4v) is 2.17. The molecular weight excluding hydrogens is 306 g/mol. The number of aryl methyl sites for hydroxylation is 2. The minimum Gasteiger partial charge on any atom is -0.445 e. The van der Waals surface area contributed by atoms with Gasteiger partial charge >= 0.3 is 0 Å². The van der Waals surface area contributed by atoms with Crippen molar-refractivity contribution in [3.05, 3.63) is 47.2 Å². The monoisotopic (exact) mass is 329 g/mol. The van der Waals surface area contributed by atoms with Gasteiger partial charge in [0.1, 0.15) is 5.76 Å². The summed E-state index contributed by atoms with van der Waals surface area (Å²) in [6.07, 6.45) is 0.524. The van der Waals surface area contributed by atoms with Crippen molar-refractivity contribution in [2.75, 3.05) is 5.73 Å². The molecule has 6 nitrogen and oxygen atoms in total. The average Bonchev–Trinajstić information content (AvgIpc) is 2.87. The molecule has 2 rings (SSSR count). The number of nitrogen functional groups attached to an aromatic ring is 1. The van der Waals surface area contributed by atoms with E-state index in [0.29, 0.717) is 23.8 Å². The van der Waals surface area contributed by atoms with E-state index in [1.54, 1.807) is 24.3 Å². The van der Waals surface area contributed by atoms with E-state index in [2.05, 4.69) is 10.3 Å². The lowest BCUT2D eigenvalue weighted by Crippen LogP contribution is -2.31. The van der Waals surface area contributed by atoms with Gasteiger partial charge in [-0.25, -0.2) is 4.98 Å². The average molecular weight is 329 g/mol. The van der Waals surface area contributed by atoms with Crippen LogP contribution in [0.3, 0.4) is 0 Å². The number of oxazole rings is 1. The highest BCUT2D eigenvalue weighted by molar-refractivity contribution is 6.07. The van der Waals surface area contributed by atoms with Crippen LogP contribution in [0, 0.1) is 6.92 Å². The second-order valence-corrected chi connectivity index (χ2v) is 6.74. The van der Waals surface area contributed by atoms with Crippen LogP contribution in [0.5, 0.6) is 0 Å². The molecule has 0 saturated heterocycles. The summed E-state index contributed by atoms with van der Waals surface area (Å²) >= 11 is 0. The van der Waals surface area contributed by atoms with Gasteiger partial charge in [0.15, 0.2) is 5.89 Å². The predicted molar refractivity (Wildman–Crippen MR) is 91.6 cm³/mol. The molecule has 3 N–H and O–H groups in total. The van der Waals surface area contributed by atoms with E-state index >= 15 is 0 Å². The lowest BCUT2D eigenvalue weighted by molar-refractivity contribution is -0.120. The molecule has 0 spiro atoms. The van der Waals surface area contributed by atoms with E-state index < -0.39 is 5.91 Å². The number of hydrogen-bond donors (Lipinski definition) is 2. The molecule has 0 radical (unpaired) electrons. The van der Waals surface area contributed by atoms with Crippen molar-refractivity contribution in [1.29, 1.82) is 0 Å². The number of imide groups is 1. The molecule has 0 aliphatic heterocycles. The van der Waals surface area contributed by atoms with Crippen LogP contribution in [0.1, 0.15) is 54.9 Å². The maximum Gasteiger partial charge on any atom is 0.259 e. The molecule has 2 aromatic rings. The van der Waals surface area contributed by atoms with Crippen LogP contribution >= 0.6 is 0 Å². The number of para-hydroxylation sites is 1. The number of aromatic nitrogens is 1. The zero-order valence-electron chi connectivity index (χ0n) is 14.5. The third-order valence-corrected chi connectivity index (χ3v) is 3.57. The van der Waals surface area contributed by atoms with Crippen LogP contribution in [0.25, 0.3) is 0 Å². The zero-order chi connectivity index (χ0) is 17.9. The highest BCUT2D eigenvalue weighted by atomic mass is 16.4. The maximum absolute atomic E-state index is 12.0. The first kappa shape index (κ1) is 17.7. The molecule has 128 valence electrons. The summed E-state index contributed by atoms with van der Waals surface area (Å²) in [5.41, 5.74) is 6.94. The molecule has 6 heteroatoms. The largest absolute Gasteiger partial charge is 0.445 e. The number of nitrogens with two attached hydrogens (primary N) is 1. The summed E-state index contributed by atoms with van der Waals surface area (Å²) in [4.78, 5) is 28.4. The zero-order valence-corrected chi connectivity index (χ0v) is 14.5. The Morgan fingerprint density at radius 1 is 1.25 bits per heavy atom. The van der Waals surface area contributed by atoms with Crippen molar-refractivity contribution in [2.24, 2.45) is 0 Å². The fourth-order valence-electron chi connectivity index (χ4n) is 2.17. The minimum atomic E-state index is -0.497. The van der Waals surface area contributed by atoms with E-state index in [1.165, 1.54) is 0 Å². The highest BCUT2D eigenvalue weighted by Gasteiger charge is 2.22. The van der Waals surface area contributed by atoms with E-state index in [9.17, 15) is 9.59 Å². The smallest absolute Gasteiger partial charge is 0.259 e. The summed E-state index contributed by atoms with van der Waals surface area (Å²) in [5, 5.41) is 2.34. The van der Waals surface area contributed by atoms with E-state index in [1.807, 2.05) is 27.7 Å². The van der Waals surface area contributed by atoms with E-state index in [-0.39, 0.29) is 23.3 Å². The number of nitrogens with one attached hydrogen (secondary N) is 1. The summed E-state index contributed by atoms with van der Waals surface area (Å²) in [7, 11) is 0. The van der Waals surface area contributed by atoms with Crippen molar-refractivity contribution in [1.82, 2.24) is 10.3 Å². The SMILES string of the molecule is Cc1nc(C(C)(C)C)oc1CCC(=O)NC(=O)c1ccccc1N. The van der Waals surface area contributed by atoms with Gasteiger partial charge in [0.05, 0.1) is 11.3 Å². The molecule has 1 aromatic heterocycles. The van der Waals surface area contributed by atoms with Crippen molar-refractivity contribution >= 4 is 17.5 Å². The van der Waals surface area contributed by atoms with Crippen LogP contribution in [0.4, 0.5) is 5.69 Å². The maximum atomic E-state index is 12.0. The number of rotatable bonds is 4. The van der Waals surface area contributed by atoms with Crippen LogP contribution in [0.2, 0.25) is 0 Å². The molecule has 0 bridgehead atoms. The van der Waals surface area contributed by atoms with Gasteiger partial charge in [-0.05, 0) is 19.1 Å². The van der Waals surface area contributed by atoms with Gasteiger partial charge in [-0.1, -0.05) is 32.9 Å². The van der Waals surface area contributed by atoms with Gasteiger partial charge in [0, 0.05) is 23.9 Å². The molecule has 1 heterocycles. The summed E-state index contributed by atoms with van der Waals surface area (Å²) < 4.78 is 5.74. The number of nitrogens with zero attached hydrogens (tertiary/aromatic N) is 1. The molecule has 0 unspecified atom stereocenters. The Kier molecular flexibility index (Phi) is 5.07. The number of benzene rings is 1. The van der Waals surface area contributed by atoms with Gasteiger partial charge in [0.25, 0.3) is 5.91 Å². The van der Waals surface area contributed by atoms with Crippen molar-refractivity contribution in [2.45, 2.75) is 46.0 Å². The van der Waals surface area contributed by atoms with Gasteiger partial charge < -0.3 is 10.2 Å². The fraction of sp³-hybridized carbons (Fsp3) is 0.389. The molecule has 1 aromatic carbocycles. The third-order valence-electron chi connectivity index (χ3n) is 3.57. The van der Waals surface area contributed by atoms with Crippen LogP contribution < -0.4 is 11.1 Å². The quantitative estimate of drug-likeness (QED) is 0.840. The highest BCUT2D eigenvalue weighted by Crippen LogP contribution is 2.24. The van der Waals surface area contributed by atoms with Crippen LogP contribution in [-0.4, -0.2) is 16.8 Å². The molecule has 0 fully saturated rings. The minimum absolute atomic E-state index is 0.137. The molecule has 0 aliphatic carbocycles. The second kappa shape index (κ2) is 6.86. The Labute approximate surface area is 141 Å².